The monoisotopic (exact) mass is 195 g/mol. The molecule has 0 aromatic carbocycles. The summed E-state index contributed by atoms with van der Waals surface area (Å²) in [5.74, 6) is 0. The first kappa shape index (κ1) is 13.7. The SMILES string of the molecule is [CH2]CCCCCCC=CCCCCC. The Kier molecular flexibility index (Phi) is 12.5. The normalized spacial score (nSPS) is 11.3. The highest BCUT2D eigenvalue weighted by molar-refractivity contribution is 4.81. The zero-order chi connectivity index (χ0) is 10.5. The van der Waals surface area contributed by atoms with Gasteiger partial charge in [-0.15, -0.1) is 0 Å². The van der Waals surface area contributed by atoms with Gasteiger partial charge in [-0.05, 0) is 25.7 Å². The van der Waals surface area contributed by atoms with Crippen LogP contribution < -0.4 is 0 Å². The van der Waals surface area contributed by atoms with Crippen molar-refractivity contribution >= 4 is 0 Å². The van der Waals surface area contributed by atoms with Crippen LogP contribution in [0.2, 0.25) is 0 Å². The van der Waals surface area contributed by atoms with Crippen LogP contribution >= 0.6 is 0 Å². The number of hydrogen-bond donors (Lipinski definition) is 0. The average molecular weight is 195 g/mol. The van der Waals surface area contributed by atoms with E-state index < -0.39 is 0 Å². The van der Waals surface area contributed by atoms with Crippen molar-refractivity contribution in [2.45, 2.75) is 71.1 Å². The van der Waals surface area contributed by atoms with E-state index >= 15 is 0 Å². The first-order valence-corrected chi connectivity index (χ1v) is 6.36. The Bertz CT molecular complexity index is 113. The van der Waals surface area contributed by atoms with Crippen LogP contribution in [-0.2, 0) is 0 Å². The number of allylic oxidation sites excluding steroid dienone is 2. The second kappa shape index (κ2) is 12.7. The minimum absolute atomic E-state index is 1.10. The van der Waals surface area contributed by atoms with E-state index in [1.54, 1.807) is 0 Å². The Morgan fingerprint density at radius 1 is 0.786 bits per heavy atom. The van der Waals surface area contributed by atoms with Crippen molar-refractivity contribution in [2.75, 3.05) is 0 Å². The molecule has 83 valence electrons. The van der Waals surface area contributed by atoms with E-state index in [0.717, 1.165) is 6.42 Å². The summed E-state index contributed by atoms with van der Waals surface area (Å²) in [7, 11) is 0. The lowest BCUT2D eigenvalue weighted by molar-refractivity contribution is 0.650. The summed E-state index contributed by atoms with van der Waals surface area (Å²) in [5, 5.41) is 0. The van der Waals surface area contributed by atoms with Crippen LogP contribution in [0.25, 0.3) is 0 Å². The van der Waals surface area contributed by atoms with Crippen molar-refractivity contribution < 1.29 is 0 Å². The molecular weight excluding hydrogens is 168 g/mol. The van der Waals surface area contributed by atoms with E-state index in [1.165, 1.54) is 57.8 Å². The number of unbranched alkanes of at least 4 members (excludes halogenated alkanes) is 8. The lowest BCUT2D eigenvalue weighted by atomic mass is 10.1. The van der Waals surface area contributed by atoms with Crippen LogP contribution in [-0.4, -0.2) is 0 Å². The molecule has 0 rings (SSSR count). The third kappa shape index (κ3) is 11.7. The van der Waals surface area contributed by atoms with E-state index in [0.29, 0.717) is 0 Å². The molecular formula is C14H27. The van der Waals surface area contributed by atoms with Crippen LogP contribution in [0.1, 0.15) is 71.1 Å². The molecule has 0 aromatic rings. The zero-order valence-corrected chi connectivity index (χ0v) is 9.93. The van der Waals surface area contributed by atoms with Crippen LogP contribution in [0.5, 0.6) is 0 Å². The van der Waals surface area contributed by atoms with Crippen molar-refractivity contribution in [3.05, 3.63) is 19.1 Å². The molecule has 0 saturated heterocycles. The van der Waals surface area contributed by atoms with Crippen molar-refractivity contribution in [3.8, 4) is 0 Å². The largest absolute Gasteiger partial charge is 0.0885 e. The summed E-state index contributed by atoms with van der Waals surface area (Å²) >= 11 is 0. The van der Waals surface area contributed by atoms with Gasteiger partial charge in [0, 0.05) is 0 Å². The van der Waals surface area contributed by atoms with Gasteiger partial charge in [-0.25, -0.2) is 0 Å². The fourth-order valence-electron chi connectivity index (χ4n) is 1.54. The minimum atomic E-state index is 1.10. The molecule has 1 radical (unpaired) electrons. The predicted octanol–water partition coefficient (Wildman–Crippen LogP) is 5.30. The molecule has 0 fully saturated rings. The Morgan fingerprint density at radius 2 is 1.36 bits per heavy atom. The molecule has 0 aromatic heterocycles. The maximum absolute atomic E-state index is 3.85. The van der Waals surface area contributed by atoms with Gasteiger partial charge in [0.15, 0.2) is 0 Å². The quantitative estimate of drug-likeness (QED) is 0.328. The van der Waals surface area contributed by atoms with Crippen LogP contribution in [0.4, 0.5) is 0 Å². The summed E-state index contributed by atoms with van der Waals surface area (Å²) in [5.41, 5.74) is 0. The molecule has 0 heterocycles. The highest BCUT2D eigenvalue weighted by atomic mass is 13.9. The molecule has 0 aliphatic carbocycles. The van der Waals surface area contributed by atoms with E-state index in [4.69, 9.17) is 0 Å². The highest BCUT2D eigenvalue weighted by Crippen LogP contribution is 2.06. The summed E-state index contributed by atoms with van der Waals surface area (Å²) in [4.78, 5) is 0. The first-order valence-electron chi connectivity index (χ1n) is 6.36. The van der Waals surface area contributed by atoms with Crippen molar-refractivity contribution in [2.24, 2.45) is 0 Å². The fourth-order valence-corrected chi connectivity index (χ4v) is 1.54. The number of rotatable bonds is 10. The van der Waals surface area contributed by atoms with E-state index in [1.807, 2.05) is 0 Å². The summed E-state index contributed by atoms with van der Waals surface area (Å²) in [6.45, 7) is 6.10. The molecule has 0 spiro atoms. The molecule has 0 amide bonds. The summed E-state index contributed by atoms with van der Waals surface area (Å²) < 4.78 is 0. The smallest absolute Gasteiger partial charge is 0.0351 e. The van der Waals surface area contributed by atoms with Crippen LogP contribution in [0.15, 0.2) is 12.2 Å². The Balaban J connectivity index is 2.96. The average Bonchev–Trinajstić information content (AvgIpc) is 2.21. The lowest BCUT2D eigenvalue weighted by Crippen LogP contribution is -1.76. The van der Waals surface area contributed by atoms with Gasteiger partial charge in [0.05, 0.1) is 0 Å². The molecule has 0 N–H and O–H groups in total. The highest BCUT2D eigenvalue weighted by Gasteiger charge is 1.86. The molecule has 0 atom stereocenters. The zero-order valence-electron chi connectivity index (χ0n) is 9.93. The lowest BCUT2D eigenvalue weighted by Gasteiger charge is -1.96. The van der Waals surface area contributed by atoms with Crippen LogP contribution in [0.3, 0.4) is 0 Å². The second-order valence-corrected chi connectivity index (χ2v) is 4.02. The van der Waals surface area contributed by atoms with Gasteiger partial charge in [-0.1, -0.05) is 64.5 Å². The van der Waals surface area contributed by atoms with Crippen molar-refractivity contribution in [1.29, 1.82) is 0 Å². The molecule has 0 unspecified atom stereocenters. The molecule has 0 saturated carbocycles. The minimum Gasteiger partial charge on any atom is -0.0885 e. The predicted molar refractivity (Wildman–Crippen MR) is 66.3 cm³/mol. The first-order chi connectivity index (χ1) is 6.91. The van der Waals surface area contributed by atoms with E-state index in [9.17, 15) is 0 Å². The molecule has 0 aliphatic heterocycles. The maximum Gasteiger partial charge on any atom is -0.0351 e. The topological polar surface area (TPSA) is 0 Å². The molecule has 0 bridgehead atoms. The third-order valence-corrected chi connectivity index (χ3v) is 2.51. The van der Waals surface area contributed by atoms with E-state index in [2.05, 4.69) is 26.0 Å². The van der Waals surface area contributed by atoms with Crippen molar-refractivity contribution in [1.82, 2.24) is 0 Å². The molecule has 14 heavy (non-hydrogen) atoms. The third-order valence-electron chi connectivity index (χ3n) is 2.51. The van der Waals surface area contributed by atoms with Gasteiger partial charge in [-0.2, -0.15) is 0 Å². The Morgan fingerprint density at radius 3 is 1.93 bits per heavy atom. The maximum atomic E-state index is 3.85. The standard InChI is InChI=1S/C14H27/c1-3-5-7-9-11-13-14-12-10-8-6-4-2/h12,14H,1,3-11,13H2,2H3. The van der Waals surface area contributed by atoms with Gasteiger partial charge in [0.25, 0.3) is 0 Å². The summed E-state index contributed by atoms with van der Waals surface area (Å²) in [6, 6.07) is 0. The summed E-state index contributed by atoms with van der Waals surface area (Å²) in [6.07, 6.45) is 17.9. The fraction of sp³-hybridized carbons (Fsp3) is 0.786. The second-order valence-electron chi connectivity index (χ2n) is 4.02. The molecule has 0 aliphatic rings. The van der Waals surface area contributed by atoms with Gasteiger partial charge >= 0.3 is 0 Å². The molecule has 0 nitrogen and oxygen atoms in total. The van der Waals surface area contributed by atoms with Crippen LogP contribution in [0, 0.1) is 6.92 Å². The van der Waals surface area contributed by atoms with Gasteiger partial charge in [0.1, 0.15) is 0 Å². The Labute approximate surface area is 90.8 Å². The van der Waals surface area contributed by atoms with Gasteiger partial charge < -0.3 is 0 Å². The van der Waals surface area contributed by atoms with Gasteiger partial charge in [-0.3, -0.25) is 0 Å². The van der Waals surface area contributed by atoms with E-state index in [-0.39, 0.29) is 0 Å². The Hall–Kier alpha value is -0.260. The van der Waals surface area contributed by atoms with Crippen molar-refractivity contribution in [3.63, 3.8) is 0 Å². The molecule has 0 heteroatoms. The van der Waals surface area contributed by atoms with Gasteiger partial charge in [0.2, 0.25) is 0 Å². The number of hydrogen-bond acceptors (Lipinski definition) is 0.